The molecule has 0 saturated heterocycles. The molecule has 4 heteroatoms. The van der Waals surface area contributed by atoms with E-state index < -0.39 is 11.9 Å². The molecule has 1 rings (SSSR count). The number of rotatable bonds is 6. The van der Waals surface area contributed by atoms with Gasteiger partial charge in [0.25, 0.3) is 0 Å². The average molecular weight is 259 g/mol. The number of hydrogen-bond donors (Lipinski definition) is 2. The Labute approximate surface area is 111 Å². The zero-order valence-corrected chi connectivity index (χ0v) is 12.2. The second-order valence-electron chi connectivity index (χ2n) is 5.79. The van der Waals surface area contributed by atoms with Crippen LogP contribution >= 0.6 is 0 Å². The first-order valence-electron chi connectivity index (χ1n) is 6.95. The van der Waals surface area contributed by atoms with Crippen LogP contribution in [0.2, 0.25) is 0 Å². The van der Waals surface area contributed by atoms with Crippen molar-refractivity contribution >= 4 is 0 Å². The smallest absolute Gasteiger partial charge is 0.185 e. The number of nitrogens with two attached hydrogens (primary N) is 1. The molecule has 1 aliphatic rings. The molecule has 1 unspecified atom stereocenters. The van der Waals surface area contributed by atoms with Gasteiger partial charge in [0, 0.05) is 26.2 Å². The van der Waals surface area contributed by atoms with Gasteiger partial charge in [-0.25, -0.2) is 0 Å². The Bertz CT molecular complexity index is 243. The molecule has 108 valence electrons. The van der Waals surface area contributed by atoms with Gasteiger partial charge in [0.05, 0.1) is 0 Å². The highest BCUT2D eigenvalue weighted by atomic mass is 16.7. The largest absolute Gasteiger partial charge is 0.384 e. The van der Waals surface area contributed by atoms with Crippen molar-refractivity contribution in [1.82, 2.24) is 0 Å². The van der Waals surface area contributed by atoms with Crippen molar-refractivity contribution in [3.8, 4) is 0 Å². The minimum Gasteiger partial charge on any atom is -0.384 e. The topological polar surface area (TPSA) is 64.7 Å². The predicted molar refractivity (Wildman–Crippen MR) is 72.2 cm³/mol. The molecule has 3 N–H and O–H groups in total. The van der Waals surface area contributed by atoms with Crippen molar-refractivity contribution in [1.29, 1.82) is 0 Å². The Kier molecular flexibility index (Phi) is 5.59. The van der Waals surface area contributed by atoms with Crippen molar-refractivity contribution in [3.05, 3.63) is 0 Å². The molecule has 4 nitrogen and oxygen atoms in total. The number of methoxy groups -OCH3 is 2. The molecule has 0 aromatic heterocycles. The molecule has 0 radical (unpaired) electrons. The van der Waals surface area contributed by atoms with Gasteiger partial charge in [-0.05, 0) is 38.5 Å². The maximum atomic E-state index is 10.9. The van der Waals surface area contributed by atoms with Gasteiger partial charge in [-0.3, -0.25) is 0 Å². The summed E-state index contributed by atoms with van der Waals surface area (Å²) in [5.41, 5.74) is 4.64. The van der Waals surface area contributed by atoms with Crippen LogP contribution in [0.1, 0.15) is 46.0 Å². The summed E-state index contributed by atoms with van der Waals surface area (Å²) in [5, 5.41) is 10.9. The summed E-state index contributed by atoms with van der Waals surface area (Å²) in [6.45, 7) is 4.49. The zero-order chi connectivity index (χ0) is 13.8. The Hall–Kier alpha value is -0.160. The maximum absolute atomic E-state index is 10.9. The lowest BCUT2D eigenvalue weighted by molar-refractivity contribution is -0.256. The lowest BCUT2D eigenvalue weighted by atomic mass is 9.61. The Morgan fingerprint density at radius 3 is 2.17 bits per heavy atom. The minimum absolute atomic E-state index is 0.296. The highest BCUT2D eigenvalue weighted by Gasteiger charge is 2.52. The van der Waals surface area contributed by atoms with Crippen LogP contribution in [0.5, 0.6) is 0 Å². The van der Waals surface area contributed by atoms with E-state index in [0.717, 1.165) is 31.6 Å². The molecular formula is C14H29NO3. The third kappa shape index (κ3) is 2.72. The van der Waals surface area contributed by atoms with Gasteiger partial charge in [-0.1, -0.05) is 13.3 Å². The Balaban J connectivity index is 2.87. The number of hydrogen-bond acceptors (Lipinski definition) is 4. The van der Waals surface area contributed by atoms with Crippen molar-refractivity contribution < 1.29 is 14.6 Å². The van der Waals surface area contributed by atoms with Crippen LogP contribution < -0.4 is 5.73 Å². The van der Waals surface area contributed by atoms with E-state index in [2.05, 4.69) is 6.92 Å². The molecule has 0 aromatic carbocycles. The monoisotopic (exact) mass is 259 g/mol. The van der Waals surface area contributed by atoms with E-state index in [1.165, 1.54) is 6.42 Å². The van der Waals surface area contributed by atoms with E-state index in [-0.39, 0.29) is 5.41 Å². The molecule has 0 aromatic rings. The average Bonchev–Trinajstić information content (AvgIpc) is 2.39. The highest BCUT2D eigenvalue weighted by Crippen LogP contribution is 2.48. The van der Waals surface area contributed by atoms with Crippen LogP contribution in [-0.4, -0.2) is 37.8 Å². The summed E-state index contributed by atoms with van der Waals surface area (Å²) in [4.78, 5) is 0. The molecule has 1 atom stereocenters. The Morgan fingerprint density at radius 1 is 1.33 bits per heavy atom. The van der Waals surface area contributed by atoms with Gasteiger partial charge in [0.2, 0.25) is 0 Å². The molecule has 18 heavy (non-hydrogen) atoms. The molecular weight excluding hydrogens is 230 g/mol. The van der Waals surface area contributed by atoms with Crippen LogP contribution in [0.3, 0.4) is 0 Å². The first kappa shape index (κ1) is 15.9. The van der Waals surface area contributed by atoms with Crippen molar-refractivity contribution in [2.75, 3.05) is 20.8 Å². The molecule has 0 spiro atoms. The van der Waals surface area contributed by atoms with E-state index in [9.17, 15) is 5.11 Å². The quantitative estimate of drug-likeness (QED) is 0.715. The van der Waals surface area contributed by atoms with E-state index >= 15 is 0 Å². The van der Waals surface area contributed by atoms with E-state index in [4.69, 9.17) is 15.2 Å². The van der Waals surface area contributed by atoms with E-state index in [1.54, 1.807) is 21.1 Å². The fourth-order valence-corrected chi connectivity index (χ4v) is 3.36. The molecule has 0 amide bonds. The summed E-state index contributed by atoms with van der Waals surface area (Å²) < 4.78 is 10.5. The van der Waals surface area contributed by atoms with Crippen molar-refractivity contribution in [2.45, 2.75) is 57.8 Å². The third-order valence-electron chi connectivity index (χ3n) is 4.99. The zero-order valence-electron chi connectivity index (χ0n) is 12.2. The summed E-state index contributed by atoms with van der Waals surface area (Å²) >= 11 is 0. The van der Waals surface area contributed by atoms with Gasteiger partial charge in [0.1, 0.15) is 5.60 Å². The van der Waals surface area contributed by atoms with Gasteiger partial charge < -0.3 is 20.3 Å². The number of aliphatic hydroxyl groups is 1. The fraction of sp³-hybridized carbons (Fsp3) is 1.00. The van der Waals surface area contributed by atoms with Crippen LogP contribution in [-0.2, 0) is 9.47 Å². The molecule has 0 aliphatic heterocycles. The lowest BCUT2D eigenvalue weighted by Crippen LogP contribution is -2.59. The van der Waals surface area contributed by atoms with Crippen LogP contribution in [0, 0.1) is 11.3 Å². The highest BCUT2D eigenvalue weighted by molar-refractivity contribution is 5.01. The van der Waals surface area contributed by atoms with E-state index in [1.807, 2.05) is 0 Å². The normalized spacial score (nSPS) is 32.5. The summed E-state index contributed by atoms with van der Waals surface area (Å²) in [6, 6.07) is 0. The maximum Gasteiger partial charge on any atom is 0.185 e. The SMILES string of the molecule is CCC1CCC(CN)(C(C)(O)C(OC)OC)CC1. The van der Waals surface area contributed by atoms with E-state index in [0.29, 0.717) is 6.54 Å². The minimum atomic E-state index is -1.05. The summed E-state index contributed by atoms with van der Waals surface area (Å²) in [5.74, 6) is 0.768. The Morgan fingerprint density at radius 2 is 1.83 bits per heavy atom. The molecule has 0 bridgehead atoms. The first-order chi connectivity index (χ1) is 8.47. The van der Waals surface area contributed by atoms with Gasteiger partial charge in [-0.2, -0.15) is 0 Å². The van der Waals surface area contributed by atoms with Crippen molar-refractivity contribution in [3.63, 3.8) is 0 Å². The van der Waals surface area contributed by atoms with Crippen LogP contribution in [0.25, 0.3) is 0 Å². The summed E-state index contributed by atoms with van der Waals surface area (Å²) in [6.07, 6.45) is 4.73. The predicted octanol–water partition coefficient (Wildman–Crippen LogP) is 1.90. The fourth-order valence-electron chi connectivity index (χ4n) is 3.36. The number of ether oxygens (including phenoxy) is 2. The van der Waals surface area contributed by atoms with Crippen LogP contribution in [0.4, 0.5) is 0 Å². The summed E-state index contributed by atoms with van der Waals surface area (Å²) in [7, 11) is 3.12. The lowest BCUT2D eigenvalue weighted by Gasteiger charge is -2.50. The second-order valence-corrected chi connectivity index (χ2v) is 5.79. The van der Waals surface area contributed by atoms with Gasteiger partial charge >= 0.3 is 0 Å². The standard InChI is InChI=1S/C14H29NO3/c1-5-11-6-8-14(10-15,9-7-11)13(2,16)12(17-3)18-4/h11-12,16H,5-10,15H2,1-4H3. The van der Waals surface area contributed by atoms with Crippen molar-refractivity contribution in [2.24, 2.45) is 17.1 Å². The molecule has 1 fully saturated rings. The van der Waals surface area contributed by atoms with Gasteiger partial charge in [-0.15, -0.1) is 0 Å². The third-order valence-corrected chi connectivity index (χ3v) is 4.99. The molecule has 0 heterocycles. The van der Waals surface area contributed by atoms with Gasteiger partial charge in [0.15, 0.2) is 6.29 Å². The second kappa shape index (κ2) is 6.33. The molecule has 1 saturated carbocycles. The first-order valence-corrected chi connectivity index (χ1v) is 6.95. The molecule has 1 aliphatic carbocycles. The van der Waals surface area contributed by atoms with Crippen LogP contribution in [0.15, 0.2) is 0 Å².